The number of carbonyl (C=O) groups is 1. The molecule has 0 aliphatic heterocycles. The Kier molecular flexibility index (Phi) is 5.35. The van der Waals surface area contributed by atoms with E-state index in [4.69, 9.17) is 4.74 Å². The summed E-state index contributed by atoms with van der Waals surface area (Å²) in [6.45, 7) is 2.12. The molecule has 1 aromatic rings. The van der Waals surface area contributed by atoms with Crippen molar-refractivity contribution in [3.63, 3.8) is 0 Å². The van der Waals surface area contributed by atoms with Gasteiger partial charge in [-0.1, -0.05) is 25.1 Å². The van der Waals surface area contributed by atoms with Gasteiger partial charge in [-0.05, 0) is 36.6 Å². The number of para-hydroxylation sites is 1. The van der Waals surface area contributed by atoms with E-state index in [1.807, 2.05) is 18.2 Å². The molecule has 110 valence electrons. The van der Waals surface area contributed by atoms with E-state index in [1.54, 1.807) is 18.9 Å². The topological polar surface area (TPSA) is 38.3 Å². The summed E-state index contributed by atoms with van der Waals surface area (Å²) in [6.07, 6.45) is 3.99. The Labute approximate surface area is 125 Å². The van der Waals surface area contributed by atoms with Crippen LogP contribution in [0.5, 0.6) is 5.75 Å². The molecule has 1 N–H and O–H groups in total. The third-order valence-corrected chi connectivity index (χ3v) is 4.61. The summed E-state index contributed by atoms with van der Waals surface area (Å²) >= 11 is 1.78. The van der Waals surface area contributed by atoms with Gasteiger partial charge in [0, 0.05) is 17.7 Å². The van der Waals surface area contributed by atoms with Crippen LogP contribution >= 0.6 is 11.8 Å². The van der Waals surface area contributed by atoms with E-state index in [9.17, 15) is 4.79 Å². The van der Waals surface area contributed by atoms with Crippen LogP contribution in [0.2, 0.25) is 0 Å². The second-order valence-electron chi connectivity index (χ2n) is 5.26. The first-order valence-corrected chi connectivity index (χ1v) is 8.52. The van der Waals surface area contributed by atoms with Crippen LogP contribution in [0.15, 0.2) is 24.3 Å². The highest BCUT2D eigenvalue weighted by Crippen LogP contribution is 2.50. The van der Waals surface area contributed by atoms with Crippen molar-refractivity contribution in [3.8, 4) is 5.75 Å². The van der Waals surface area contributed by atoms with Crippen LogP contribution in [-0.4, -0.2) is 31.1 Å². The van der Waals surface area contributed by atoms with Gasteiger partial charge in [-0.25, -0.2) is 0 Å². The van der Waals surface area contributed by atoms with Crippen LogP contribution in [0.3, 0.4) is 0 Å². The SMILES string of the molecule is CC[C@H](CSC)NC(=O)[C@@H]1C[C@H]1c1ccccc1OC. The molecule has 1 amide bonds. The first-order chi connectivity index (χ1) is 9.71. The zero-order valence-electron chi connectivity index (χ0n) is 12.4. The molecule has 0 saturated heterocycles. The minimum absolute atomic E-state index is 0.113. The highest BCUT2D eigenvalue weighted by atomic mass is 32.2. The Bertz CT molecular complexity index is 464. The van der Waals surface area contributed by atoms with Gasteiger partial charge >= 0.3 is 0 Å². The Morgan fingerprint density at radius 1 is 1.50 bits per heavy atom. The average Bonchev–Trinajstić information content (AvgIpc) is 3.27. The first kappa shape index (κ1) is 15.2. The second-order valence-corrected chi connectivity index (χ2v) is 6.17. The standard InChI is InChI=1S/C16H23NO2S/c1-4-11(10-20-3)17-16(18)14-9-13(14)12-7-5-6-8-15(12)19-2/h5-8,11,13-14H,4,9-10H2,1-3H3,(H,17,18)/t11-,13+,14-/m1/s1. The number of ether oxygens (including phenoxy) is 1. The number of rotatable bonds is 7. The monoisotopic (exact) mass is 293 g/mol. The molecule has 3 atom stereocenters. The fraction of sp³-hybridized carbons (Fsp3) is 0.562. The Balaban J connectivity index is 1.95. The van der Waals surface area contributed by atoms with Gasteiger partial charge in [0.2, 0.25) is 5.91 Å². The van der Waals surface area contributed by atoms with E-state index in [-0.39, 0.29) is 17.9 Å². The van der Waals surface area contributed by atoms with E-state index in [1.165, 1.54) is 0 Å². The smallest absolute Gasteiger partial charge is 0.223 e. The first-order valence-electron chi connectivity index (χ1n) is 7.13. The molecule has 1 aliphatic rings. The van der Waals surface area contributed by atoms with Crippen LogP contribution in [0, 0.1) is 5.92 Å². The van der Waals surface area contributed by atoms with E-state index in [2.05, 4.69) is 24.6 Å². The van der Waals surface area contributed by atoms with Crippen LogP contribution in [0.4, 0.5) is 0 Å². The summed E-state index contributed by atoms with van der Waals surface area (Å²) in [4.78, 5) is 12.3. The summed E-state index contributed by atoms with van der Waals surface area (Å²) < 4.78 is 5.38. The second kappa shape index (κ2) is 7.02. The summed E-state index contributed by atoms with van der Waals surface area (Å²) in [6, 6.07) is 8.29. The quantitative estimate of drug-likeness (QED) is 0.839. The number of amides is 1. The molecule has 0 bridgehead atoms. The third kappa shape index (κ3) is 3.48. The normalized spacial score (nSPS) is 22.1. The Morgan fingerprint density at radius 2 is 2.25 bits per heavy atom. The van der Waals surface area contributed by atoms with E-state index >= 15 is 0 Å². The molecule has 0 radical (unpaired) electrons. The zero-order chi connectivity index (χ0) is 14.5. The van der Waals surface area contributed by atoms with Crippen molar-refractivity contribution in [1.82, 2.24) is 5.32 Å². The van der Waals surface area contributed by atoms with Crippen molar-refractivity contribution in [2.24, 2.45) is 5.92 Å². The highest BCUT2D eigenvalue weighted by Gasteiger charge is 2.45. The van der Waals surface area contributed by atoms with Crippen molar-refractivity contribution in [3.05, 3.63) is 29.8 Å². The molecule has 1 fully saturated rings. The van der Waals surface area contributed by atoms with Gasteiger partial charge in [-0.2, -0.15) is 11.8 Å². The maximum absolute atomic E-state index is 12.3. The fourth-order valence-electron chi connectivity index (χ4n) is 2.57. The predicted octanol–water partition coefficient (Wildman–Crippen LogP) is 3.06. The van der Waals surface area contributed by atoms with Gasteiger partial charge in [-0.15, -0.1) is 0 Å². The largest absolute Gasteiger partial charge is 0.496 e. The van der Waals surface area contributed by atoms with Crippen molar-refractivity contribution >= 4 is 17.7 Å². The lowest BCUT2D eigenvalue weighted by Crippen LogP contribution is -2.37. The zero-order valence-corrected chi connectivity index (χ0v) is 13.2. The summed E-state index contributed by atoms with van der Waals surface area (Å²) in [5.74, 6) is 2.50. The predicted molar refractivity (Wildman–Crippen MR) is 84.4 cm³/mol. The molecule has 0 heterocycles. The van der Waals surface area contributed by atoms with Crippen molar-refractivity contribution in [1.29, 1.82) is 0 Å². The highest BCUT2D eigenvalue weighted by molar-refractivity contribution is 7.98. The van der Waals surface area contributed by atoms with Gasteiger partial charge in [-0.3, -0.25) is 4.79 Å². The summed E-state index contributed by atoms with van der Waals surface area (Å²) in [7, 11) is 1.68. The third-order valence-electron chi connectivity index (χ3n) is 3.87. The number of carbonyl (C=O) groups excluding carboxylic acids is 1. The number of benzene rings is 1. The van der Waals surface area contributed by atoms with E-state index < -0.39 is 0 Å². The van der Waals surface area contributed by atoms with Gasteiger partial charge in [0.05, 0.1) is 7.11 Å². The molecule has 3 nitrogen and oxygen atoms in total. The van der Waals surface area contributed by atoms with Gasteiger partial charge in [0.25, 0.3) is 0 Å². The lowest BCUT2D eigenvalue weighted by Gasteiger charge is -2.16. The van der Waals surface area contributed by atoms with Gasteiger partial charge < -0.3 is 10.1 Å². The molecular formula is C16H23NO2S. The molecule has 4 heteroatoms. The van der Waals surface area contributed by atoms with Crippen molar-refractivity contribution in [2.75, 3.05) is 19.1 Å². The van der Waals surface area contributed by atoms with Crippen molar-refractivity contribution in [2.45, 2.75) is 31.7 Å². The van der Waals surface area contributed by atoms with Gasteiger partial charge in [0.15, 0.2) is 0 Å². The number of hydrogen-bond donors (Lipinski definition) is 1. The molecule has 1 saturated carbocycles. The molecular weight excluding hydrogens is 270 g/mol. The van der Waals surface area contributed by atoms with E-state index in [0.717, 1.165) is 29.9 Å². The van der Waals surface area contributed by atoms with Crippen LogP contribution in [0.1, 0.15) is 31.2 Å². The number of thioether (sulfide) groups is 1. The Morgan fingerprint density at radius 3 is 2.90 bits per heavy atom. The number of methoxy groups -OCH3 is 1. The number of nitrogens with one attached hydrogen (secondary N) is 1. The molecule has 0 spiro atoms. The van der Waals surface area contributed by atoms with Crippen LogP contribution < -0.4 is 10.1 Å². The van der Waals surface area contributed by atoms with Crippen LogP contribution in [-0.2, 0) is 4.79 Å². The number of hydrogen-bond acceptors (Lipinski definition) is 3. The van der Waals surface area contributed by atoms with E-state index in [0.29, 0.717) is 5.92 Å². The average molecular weight is 293 g/mol. The molecule has 1 aromatic carbocycles. The molecule has 0 unspecified atom stereocenters. The molecule has 2 rings (SSSR count). The fourth-order valence-corrected chi connectivity index (χ4v) is 3.29. The molecule has 20 heavy (non-hydrogen) atoms. The summed E-state index contributed by atoms with van der Waals surface area (Å²) in [5, 5.41) is 3.17. The maximum atomic E-state index is 12.3. The van der Waals surface area contributed by atoms with Crippen molar-refractivity contribution < 1.29 is 9.53 Å². The Hall–Kier alpha value is -1.16. The molecule has 0 aromatic heterocycles. The molecule has 1 aliphatic carbocycles. The lowest BCUT2D eigenvalue weighted by atomic mass is 10.1. The minimum Gasteiger partial charge on any atom is -0.496 e. The lowest BCUT2D eigenvalue weighted by molar-refractivity contribution is -0.123. The van der Waals surface area contributed by atoms with Gasteiger partial charge in [0.1, 0.15) is 5.75 Å². The van der Waals surface area contributed by atoms with Crippen LogP contribution in [0.25, 0.3) is 0 Å². The summed E-state index contributed by atoms with van der Waals surface area (Å²) in [5.41, 5.74) is 1.16. The minimum atomic E-state index is 0.113. The maximum Gasteiger partial charge on any atom is 0.223 e.